The van der Waals surface area contributed by atoms with Crippen molar-refractivity contribution in [1.29, 1.82) is 0 Å². The molecule has 1 aromatic carbocycles. The molecule has 0 amide bonds. The highest BCUT2D eigenvalue weighted by Crippen LogP contribution is 2.47. The molecule has 4 nitrogen and oxygen atoms in total. The molecule has 1 aromatic rings. The molecule has 0 heterocycles. The number of benzene rings is 1. The van der Waals surface area contributed by atoms with Crippen LogP contribution in [0.4, 0.5) is 22.0 Å². The number of carbonyl (C=O) groups excluding carboxylic acids is 1. The molecule has 0 bridgehead atoms. The van der Waals surface area contributed by atoms with Crippen LogP contribution in [0.3, 0.4) is 0 Å². The number of sulfone groups is 1. The van der Waals surface area contributed by atoms with Gasteiger partial charge in [0.2, 0.25) is 0 Å². The van der Waals surface area contributed by atoms with Gasteiger partial charge in [0.05, 0.1) is 17.6 Å². The number of methoxy groups -OCH3 is 1. The Morgan fingerprint density at radius 3 is 2.07 bits per heavy atom. The summed E-state index contributed by atoms with van der Waals surface area (Å²) >= 11 is 0. The third-order valence-corrected chi connectivity index (χ3v) is 5.37. The van der Waals surface area contributed by atoms with Crippen molar-refractivity contribution in [3.8, 4) is 0 Å². The van der Waals surface area contributed by atoms with Gasteiger partial charge in [-0.05, 0) is 36.5 Å². The highest BCUT2D eigenvalue weighted by atomic mass is 32.2. The van der Waals surface area contributed by atoms with Crippen LogP contribution in [-0.2, 0) is 20.5 Å². The lowest BCUT2D eigenvalue weighted by atomic mass is 9.88. The molecule has 154 valence electrons. The van der Waals surface area contributed by atoms with Gasteiger partial charge in [0.25, 0.3) is 0 Å². The van der Waals surface area contributed by atoms with E-state index in [1.54, 1.807) is 13.8 Å². The minimum atomic E-state index is -5.97. The summed E-state index contributed by atoms with van der Waals surface area (Å²) in [5, 5.41) is 0. The molecule has 0 fully saturated rings. The number of carbonyl (C=O) groups is 1. The van der Waals surface area contributed by atoms with E-state index in [2.05, 4.69) is 4.74 Å². The number of rotatable bonds is 7. The molecule has 0 saturated heterocycles. The molecule has 27 heavy (non-hydrogen) atoms. The minimum absolute atomic E-state index is 0.159. The molecule has 0 radical (unpaired) electrons. The van der Waals surface area contributed by atoms with Gasteiger partial charge in [-0.2, -0.15) is 22.0 Å². The first-order valence-corrected chi connectivity index (χ1v) is 10.0. The summed E-state index contributed by atoms with van der Waals surface area (Å²) in [6.45, 7) is 3.44. The number of esters is 1. The predicted molar refractivity (Wildman–Crippen MR) is 88.8 cm³/mol. The smallest absolute Gasteiger partial charge is 0.458 e. The molecular formula is C17H21F5O4S. The Balaban J connectivity index is 3.99. The normalized spacial score (nSPS) is 14.1. The van der Waals surface area contributed by atoms with Gasteiger partial charge < -0.3 is 4.74 Å². The Hall–Kier alpha value is -1.71. The monoisotopic (exact) mass is 416 g/mol. The first kappa shape index (κ1) is 23.3. The molecular weight excluding hydrogens is 395 g/mol. The third-order valence-electron chi connectivity index (χ3n) is 4.22. The van der Waals surface area contributed by atoms with E-state index in [4.69, 9.17) is 0 Å². The zero-order valence-corrected chi connectivity index (χ0v) is 16.1. The molecule has 1 rings (SSSR count). The summed E-state index contributed by atoms with van der Waals surface area (Å²) in [5.41, 5.74) is -2.90. The third kappa shape index (κ3) is 4.77. The second kappa shape index (κ2) is 8.12. The van der Waals surface area contributed by atoms with Gasteiger partial charge >= 0.3 is 18.1 Å². The molecule has 10 heteroatoms. The Labute approximate surface area is 154 Å². The fourth-order valence-corrected chi connectivity index (χ4v) is 3.84. The van der Waals surface area contributed by atoms with Gasteiger partial charge in [-0.1, -0.05) is 20.3 Å². The molecule has 0 aliphatic heterocycles. The van der Waals surface area contributed by atoms with E-state index >= 15 is 0 Å². The van der Waals surface area contributed by atoms with Crippen LogP contribution in [0.25, 0.3) is 0 Å². The van der Waals surface area contributed by atoms with Gasteiger partial charge in [-0.25, -0.2) is 13.2 Å². The van der Waals surface area contributed by atoms with E-state index in [9.17, 15) is 35.2 Å². The van der Waals surface area contributed by atoms with Crippen LogP contribution < -0.4 is 0 Å². The second-order valence-electron chi connectivity index (χ2n) is 6.17. The number of ether oxygens (including phenoxy) is 1. The lowest BCUT2D eigenvalue weighted by molar-refractivity contribution is -0.289. The van der Waals surface area contributed by atoms with Gasteiger partial charge in [0.1, 0.15) is 0 Å². The van der Waals surface area contributed by atoms with Gasteiger partial charge in [0.15, 0.2) is 9.84 Å². The van der Waals surface area contributed by atoms with Crippen molar-refractivity contribution in [1.82, 2.24) is 0 Å². The number of hydrogen-bond acceptors (Lipinski definition) is 4. The van der Waals surface area contributed by atoms with E-state index in [1.165, 1.54) is 0 Å². The lowest BCUT2D eigenvalue weighted by Gasteiger charge is -2.25. The van der Waals surface area contributed by atoms with Crippen LogP contribution in [0, 0.1) is 0 Å². The van der Waals surface area contributed by atoms with Gasteiger partial charge in [-0.3, -0.25) is 0 Å². The standard InChI is InChI=1S/C17H21F5O4S/c1-5-7-10(6-2)11-8-13(16(18,19)17(20,21)22)12(15(23)26-3)9-14(11)27(4,24)25/h8-10H,5-7H2,1-4H3. The average Bonchev–Trinajstić information content (AvgIpc) is 2.56. The van der Waals surface area contributed by atoms with Crippen LogP contribution in [-0.4, -0.2) is 33.9 Å². The van der Waals surface area contributed by atoms with Crippen molar-refractivity contribution in [2.45, 2.75) is 56.0 Å². The maximum absolute atomic E-state index is 14.1. The van der Waals surface area contributed by atoms with E-state index in [0.29, 0.717) is 31.4 Å². The summed E-state index contributed by atoms with van der Waals surface area (Å²) in [7, 11) is -3.20. The van der Waals surface area contributed by atoms with Crippen LogP contribution in [0.1, 0.15) is 60.5 Å². The molecule has 0 saturated carbocycles. The molecule has 0 aliphatic rings. The fourth-order valence-electron chi connectivity index (χ4n) is 2.86. The molecule has 0 aliphatic carbocycles. The highest BCUT2D eigenvalue weighted by Gasteiger charge is 2.60. The largest absolute Gasteiger partial charge is 0.465 e. The Morgan fingerprint density at radius 1 is 1.15 bits per heavy atom. The van der Waals surface area contributed by atoms with Crippen LogP contribution in [0.15, 0.2) is 17.0 Å². The summed E-state index contributed by atoms with van der Waals surface area (Å²) in [6, 6.07) is 1.05. The summed E-state index contributed by atoms with van der Waals surface area (Å²) in [6.07, 6.45) is -3.90. The first-order chi connectivity index (χ1) is 12.2. The van der Waals surface area contributed by atoms with Crippen molar-refractivity contribution in [3.05, 3.63) is 28.8 Å². The van der Waals surface area contributed by atoms with E-state index in [1.807, 2.05) is 0 Å². The number of halogens is 5. The first-order valence-electron chi connectivity index (χ1n) is 8.13. The van der Waals surface area contributed by atoms with Crippen LogP contribution in [0.2, 0.25) is 0 Å². The summed E-state index contributed by atoms with van der Waals surface area (Å²) in [5.74, 6) is -7.39. The molecule has 1 unspecified atom stereocenters. The van der Waals surface area contributed by atoms with Gasteiger partial charge in [0, 0.05) is 11.8 Å². The Kier molecular flexibility index (Phi) is 7.01. The minimum Gasteiger partial charge on any atom is -0.465 e. The van der Waals surface area contributed by atoms with Crippen LogP contribution >= 0.6 is 0 Å². The number of alkyl halides is 5. The molecule has 0 N–H and O–H groups in total. The fraction of sp³-hybridized carbons (Fsp3) is 0.588. The predicted octanol–water partition coefficient (Wildman–Crippen LogP) is 4.82. The van der Waals surface area contributed by atoms with Gasteiger partial charge in [-0.15, -0.1) is 0 Å². The van der Waals surface area contributed by atoms with Crippen molar-refractivity contribution < 1.29 is 39.9 Å². The molecule has 0 aromatic heterocycles. The zero-order chi connectivity index (χ0) is 21.2. The molecule has 0 spiro atoms. The SMILES string of the molecule is CCCC(CC)c1cc(C(F)(F)C(F)(F)F)c(C(=O)OC)cc1S(C)(=O)=O. The second-order valence-corrected chi connectivity index (χ2v) is 8.15. The van der Waals surface area contributed by atoms with E-state index < -0.39 is 49.8 Å². The Morgan fingerprint density at radius 2 is 1.70 bits per heavy atom. The molecule has 1 atom stereocenters. The topological polar surface area (TPSA) is 60.4 Å². The van der Waals surface area contributed by atoms with Crippen LogP contribution in [0.5, 0.6) is 0 Å². The maximum atomic E-state index is 14.1. The number of hydrogen-bond donors (Lipinski definition) is 0. The summed E-state index contributed by atoms with van der Waals surface area (Å²) < 4.78 is 95.6. The maximum Gasteiger partial charge on any atom is 0.458 e. The summed E-state index contributed by atoms with van der Waals surface area (Å²) in [4.78, 5) is 11.4. The van der Waals surface area contributed by atoms with Crippen molar-refractivity contribution in [2.24, 2.45) is 0 Å². The van der Waals surface area contributed by atoms with Crippen molar-refractivity contribution in [3.63, 3.8) is 0 Å². The average molecular weight is 416 g/mol. The van der Waals surface area contributed by atoms with Crippen molar-refractivity contribution >= 4 is 15.8 Å². The zero-order valence-electron chi connectivity index (χ0n) is 15.3. The van der Waals surface area contributed by atoms with E-state index in [0.717, 1.165) is 13.4 Å². The van der Waals surface area contributed by atoms with Crippen molar-refractivity contribution in [2.75, 3.05) is 13.4 Å². The Bertz CT molecular complexity index is 800. The quantitative estimate of drug-likeness (QED) is 0.472. The highest BCUT2D eigenvalue weighted by molar-refractivity contribution is 7.90. The lowest BCUT2D eigenvalue weighted by Crippen LogP contribution is -2.35. The van der Waals surface area contributed by atoms with E-state index in [-0.39, 0.29) is 5.56 Å².